The Hall–Kier alpha value is -1.20. The molecular weight excluding hydrogens is 294 g/mol. The molecule has 18 heavy (non-hydrogen) atoms. The standard InChI is InChI=1S/C13H14BrN3O/c1-8-4-5-9(7-10(8)14)12-16-13(18-17-12)11-3-2-6-15-11/h4-5,7,11,15H,2-3,6H2,1H3. The lowest BCUT2D eigenvalue weighted by Crippen LogP contribution is -2.12. The van der Waals surface area contributed by atoms with Crippen molar-refractivity contribution in [1.82, 2.24) is 15.5 Å². The maximum atomic E-state index is 5.33. The number of nitrogens with zero attached hydrogens (tertiary/aromatic N) is 2. The van der Waals surface area contributed by atoms with E-state index in [4.69, 9.17) is 4.52 Å². The van der Waals surface area contributed by atoms with E-state index in [1.165, 1.54) is 12.0 Å². The van der Waals surface area contributed by atoms with Crippen LogP contribution in [0.1, 0.15) is 30.3 Å². The Balaban J connectivity index is 1.89. The van der Waals surface area contributed by atoms with Crippen molar-refractivity contribution in [2.45, 2.75) is 25.8 Å². The van der Waals surface area contributed by atoms with Crippen molar-refractivity contribution in [2.75, 3.05) is 6.54 Å². The first-order valence-electron chi connectivity index (χ1n) is 6.07. The molecule has 0 saturated carbocycles. The van der Waals surface area contributed by atoms with Crippen molar-refractivity contribution in [3.63, 3.8) is 0 Å². The molecule has 2 heterocycles. The number of aromatic nitrogens is 2. The first kappa shape index (κ1) is 11.9. The maximum absolute atomic E-state index is 5.33. The molecule has 1 aromatic heterocycles. The number of nitrogens with one attached hydrogen (secondary N) is 1. The fourth-order valence-electron chi connectivity index (χ4n) is 2.12. The van der Waals surface area contributed by atoms with Crippen LogP contribution in [0.4, 0.5) is 0 Å². The van der Waals surface area contributed by atoms with Crippen molar-refractivity contribution in [3.05, 3.63) is 34.1 Å². The molecule has 1 aliphatic rings. The van der Waals surface area contributed by atoms with Crippen LogP contribution in [0, 0.1) is 6.92 Å². The molecule has 94 valence electrons. The molecule has 2 aromatic rings. The zero-order chi connectivity index (χ0) is 12.5. The molecule has 0 amide bonds. The Morgan fingerprint density at radius 2 is 2.33 bits per heavy atom. The lowest BCUT2D eigenvalue weighted by molar-refractivity contribution is 0.345. The Labute approximate surface area is 114 Å². The Morgan fingerprint density at radius 1 is 1.44 bits per heavy atom. The average molecular weight is 308 g/mol. The van der Waals surface area contributed by atoms with Crippen LogP contribution in [-0.4, -0.2) is 16.7 Å². The third-order valence-corrected chi connectivity index (χ3v) is 4.08. The fraction of sp³-hybridized carbons (Fsp3) is 0.385. The van der Waals surface area contributed by atoms with Crippen LogP contribution in [0.3, 0.4) is 0 Å². The number of hydrogen-bond donors (Lipinski definition) is 1. The summed E-state index contributed by atoms with van der Waals surface area (Å²) in [5.41, 5.74) is 2.17. The molecule has 0 bridgehead atoms. The summed E-state index contributed by atoms with van der Waals surface area (Å²) in [7, 11) is 0. The van der Waals surface area contributed by atoms with Crippen molar-refractivity contribution >= 4 is 15.9 Å². The van der Waals surface area contributed by atoms with E-state index in [2.05, 4.69) is 38.3 Å². The minimum absolute atomic E-state index is 0.222. The molecule has 0 radical (unpaired) electrons. The maximum Gasteiger partial charge on any atom is 0.244 e. The molecule has 0 spiro atoms. The molecule has 1 unspecified atom stereocenters. The highest BCUT2D eigenvalue weighted by Gasteiger charge is 2.22. The minimum Gasteiger partial charge on any atom is -0.337 e. The van der Waals surface area contributed by atoms with Crippen molar-refractivity contribution in [1.29, 1.82) is 0 Å². The highest BCUT2D eigenvalue weighted by atomic mass is 79.9. The largest absolute Gasteiger partial charge is 0.337 e. The topological polar surface area (TPSA) is 51.0 Å². The van der Waals surface area contributed by atoms with E-state index in [-0.39, 0.29) is 6.04 Å². The Morgan fingerprint density at radius 3 is 3.06 bits per heavy atom. The van der Waals surface area contributed by atoms with Crippen LogP contribution in [-0.2, 0) is 0 Å². The van der Waals surface area contributed by atoms with Gasteiger partial charge in [0.05, 0.1) is 6.04 Å². The Bertz CT molecular complexity index is 561. The van der Waals surface area contributed by atoms with Gasteiger partial charge in [-0.25, -0.2) is 0 Å². The third-order valence-electron chi connectivity index (χ3n) is 3.23. The van der Waals surface area contributed by atoms with E-state index in [9.17, 15) is 0 Å². The zero-order valence-corrected chi connectivity index (χ0v) is 11.7. The van der Waals surface area contributed by atoms with E-state index in [0.717, 1.165) is 23.0 Å². The summed E-state index contributed by atoms with van der Waals surface area (Å²) in [5.74, 6) is 1.35. The molecule has 5 heteroatoms. The van der Waals surface area contributed by atoms with Crippen molar-refractivity contribution < 1.29 is 4.52 Å². The van der Waals surface area contributed by atoms with E-state index in [1.54, 1.807) is 0 Å². The average Bonchev–Trinajstić information content (AvgIpc) is 3.01. The Kier molecular flexibility index (Phi) is 3.18. The molecule has 0 aliphatic carbocycles. The molecule has 1 aliphatic heterocycles. The van der Waals surface area contributed by atoms with Gasteiger partial charge in [0.15, 0.2) is 0 Å². The van der Waals surface area contributed by atoms with E-state index in [0.29, 0.717) is 11.7 Å². The summed E-state index contributed by atoms with van der Waals surface area (Å²) in [4.78, 5) is 4.47. The summed E-state index contributed by atoms with van der Waals surface area (Å²) in [6, 6.07) is 6.30. The molecule has 4 nitrogen and oxygen atoms in total. The zero-order valence-electron chi connectivity index (χ0n) is 10.1. The number of hydrogen-bond acceptors (Lipinski definition) is 4. The van der Waals surface area contributed by atoms with Crippen LogP contribution in [0.5, 0.6) is 0 Å². The molecule has 1 N–H and O–H groups in total. The van der Waals surface area contributed by atoms with E-state index in [1.807, 2.05) is 18.2 Å². The third kappa shape index (κ3) is 2.20. The number of benzene rings is 1. The van der Waals surface area contributed by atoms with Gasteiger partial charge in [-0.05, 0) is 37.9 Å². The number of rotatable bonds is 2. The first-order chi connectivity index (χ1) is 8.74. The highest BCUT2D eigenvalue weighted by Crippen LogP contribution is 2.26. The lowest BCUT2D eigenvalue weighted by Gasteiger charge is -2.01. The fourth-order valence-corrected chi connectivity index (χ4v) is 2.50. The quantitative estimate of drug-likeness (QED) is 0.925. The summed E-state index contributed by atoms with van der Waals surface area (Å²) >= 11 is 3.52. The van der Waals surface area contributed by atoms with Crippen LogP contribution in [0.25, 0.3) is 11.4 Å². The minimum atomic E-state index is 0.222. The molecule has 1 aromatic carbocycles. The van der Waals surface area contributed by atoms with Gasteiger partial charge < -0.3 is 9.84 Å². The molecular formula is C13H14BrN3O. The summed E-state index contributed by atoms with van der Waals surface area (Å²) in [6.07, 6.45) is 2.23. The predicted octanol–water partition coefficient (Wildman–Crippen LogP) is 3.23. The molecule has 1 fully saturated rings. The second kappa shape index (κ2) is 4.82. The van der Waals surface area contributed by atoms with Gasteiger partial charge in [-0.3, -0.25) is 0 Å². The van der Waals surface area contributed by atoms with Crippen molar-refractivity contribution in [2.24, 2.45) is 0 Å². The predicted molar refractivity (Wildman–Crippen MR) is 72.1 cm³/mol. The molecule has 1 saturated heterocycles. The number of halogens is 1. The van der Waals surface area contributed by atoms with E-state index >= 15 is 0 Å². The smallest absolute Gasteiger partial charge is 0.244 e. The van der Waals surface area contributed by atoms with Crippen LogP contribution < -0.4 is 5.32 Å². The SMILES string of the molecule is Cc1ccc(-c2noc(C3CCCN3)n2)cc1Br. The molecule has 3 rings (SSSR count). The second-order valence-corrected chi connectivity index (χ2v) is 5.42. The molecule has 1 atom stereocenters. The van der Waals surface area contributed by atoms with Crippen LogP contribution in [0.15, 0.2) is 27.2 Å². The van der Waals surface area contributed by atoms with Gasteiger partial charge >= 0.3 is 0 Å². The monoisotopic (exact) mass is 307 g/mol. The van der Waals surface area contributed by atoms with E-state index < -0.39 is 0 Å². The van der Waals surface area contributed by atoms with Gasteiger partial charge in [0.2, 0.25) is 11.7 Å². The lowest BCUT2D eigenvalue weighted by atomic mass is 10.1. The highest BCUT2D eigenvalue weighted by molar-refractivity contribution is 9.10. The van der Waals surface area contributed by atoms with Crippen LogP contribution in [0.2, 0.25) is 0 Å². The second-order valence-electron chi connectivity index (χ2n) is 4.57. The summed E-state index contributed by atoms with van der Waals surface area (Å²) < 4.78 is 6.39. The van der Waals surface area contributed by atoms with Gasteiger partial charge in [-0.15, -0.1) is 0 Å². The van der Waals surface area contributed by atoms with Crippen molar-refractivity contribution in [3.8, 4) is 11.4 Å². The van der Waals surface area contributed by atoms with Gasteiger partial charge in [0.25, 0.3) is 0 Å². The number of aryl methyl sites for hydroxylation is 1. The normalized spacial score (nSPS) is 19.3. The van der Waals surface area contributed by atoms with Gasteiger partial charge in [0.1, 0.15) is 0 Å². The van der Waals surface area contributed by atoms with Gasteiger partial charge in [0, 0.05) is 10.0 Å². The van der Waals surface area contributed by atoms with Gasteiger partial charge in [-0.2, -0.15) is 4.98 Å². The first-order valence-corrected chi connectivity index (χ1v) is 6.87. The van der Waals surface area contributed by atoms with Crippen LogP contribution >= 0.6 is 15.9 Å². The summed E-state index contributed by atoms with van der Waals surface area (Å²) in [6.45, 7) is 3.08. The summed E-state index contributed by atoms with van der Waals surface area (Å²) in [5, 5.41) is 7.41. The van der Waals surface area contributed by atoms with Gasteiger partial charge in [-0.1, -0.05) is 33.2 Å².